The maximum atomic E-state index is 14.4. The number of hydrogen-bond acceptors (Lipinski definition) is 12. The number of nitrogens with one attached hydrogen (secondary N) is 1. The van der Waals surface area contributed by atoms with Gasteiger partial charge in [0, 0.05) is 183 Å². The highest BCUT2D eigenvalue weighted by atomic mass is 35.5. The largest absolute Gasteiger partial charge is 0.494 e. The summed E-state index contributed by atoms with van der Waals surface area (Å²) in [5, 5.41) is 21.5. The molecule has 3 amide bonds. The summed E-state index contributed by atoms with van der Waals surface area (Å²) in [6.45, 7) is 35.2. The molecule has 24 heteroatoms. The lowest BCUT2D eigenvalue weighted by Gasteiger charge is -2.36. The molecule has 3 aromatic heterocycles. The van der Waals surface area contributed by atoms with Crippen LogP contribution in [0.15, 0.2) is 114 Å². The second kappa shape index (κ2) is 40.1. The molecule has 18 nitrogen and oxygen atoms in total. The molecule has 1 unspecified atom stereocenters. The molecule has 668 valence electrons. The summed E-state index contributed by atoms with van der Waals surface area (Å²) >= 11 is 39.7. The Morgan fingerprint density at radius 1 is 0.441 bits per heavy atom. The first-order valence-electron chi connectivity index (χ1n) is 44.3. The summed E-state index contributed by atoms with van der Waals surface area (Å²) in [5.74, 6) is 3.13. The topological polar surface area (TPSA) is 180 Å². The summed E-state index contributed by atoms with van der Waals surface area (Å²) in [6.07, 6.45) is 9.22. The average Bonchev–Trinajstić information content (AvgIpc) is 1.60. The van der Waals surface area contributed by atoms with E-state index in [1.807, 2.05) is 175 Å². The van der Waals surface area contributed by atoms with E-state index in [1.165, 1.54) is 11.3 Å². The summed E-state index contributed by atoms with van der Waals surface area (Å²) < 4.78 is 29.3. The maximum absolute atomic E-state index is 14.4. The van der Waals surface area contributed by atoms with Crippen LogP contribution in [0.25, 0.3) is 50.1 Å². The molecule has 0 radical (unpaired) electrons. The van der Waals surface area contributed by atoms with Crippen LogP contribution in [0.4, 0.5) is 5.69 Å². The summed E-state index contributed by atoms with van der Waals surface area (Å²) in [7, 11) is 5.84. The molecule has 7 aromatic carbocycles. The number of benzene rings is 7. The van der Waals surface area contributed by atoms with Gasteiger partial charge < -0.3 is 39.0 Å². The van der Waals surface area contributed by atoms with Crippen molar-refractivity contribution in [3.05, 3.63) is 250 Å². The maximum Gasteiger partial charge on any atom is 0.293 e. The van der Waals surface area contributed by atoms with Gasteiger partial charge in [-0.15, -0.1) is 0 Å². The van der Waals surface area contributed by atoms with Gasteiger partial charge in [-0.2, -0.15) is 15.3 Å². The second-order valence-corrected chi connectivity index (χ2v) is 37.6. The first-order chi connectivity index (χ1) is 60.7. The molecule has 0 spiro atoms. The van der Waals surface area contributed by atoms with E-state index in [4.69, 9.17) is 88.6 Å². The predicted octanol–water partition coefficient (Wildman–Crippen LogP) is 23.1. The highest BCUT2D eigenvalue weighted by Crippen LogP contribution is 2.51. The van der Waals surface area contributed by atoms with Gasteiger partial charge in [-0.3, -0.25) is 33.2 Å². The second-order valence-electron chi connectivity index (χ2n) is 35.3. The van der Waals surface area contributed by atoms with Crippen LogP contribution in [-0.4, -0.2) is 135 Å². The van der Waals surface area contributed by atoms with Crippen LogP contribution in [0.3, 0.4) is 0 Å². The SMILES string of the molecule is Cc1cc(OCCCC2=C(C(=O)N3CCC(C)C3)Cc3c2ccc(Cl)c3-c2c(C)nn(C)c2C)cc(C)c1Cl.Cc1cc(OCCCC2=C(C(=O)N[C@H]3CCC[C@H]3OC=O)Cc3c2ccc(Cl)c3-c2c(C)nn(C)c2C)cc(C)c1Cl.Cc1ccc(N2CCN(C(=O)C3=C(CCCOc4cc(C)c(Cl)c(C)c4)c4ccc(Cl)c(-c5c(C)nn(C)c5C)c4C3)CC2)cc1. The van der Waals surface area contributed by atoms with Crippen molar-refractivity contribution in [3.63, 3.8) is 0 Å². The molecule has 2 saturated heterocycles. The molecule has 4 aliphatic carbocycles. The van der Waals surface area contributed by atoms with E-state index in [1.54, 1.807) is 0 Å². The molecule has 127 heavy (non-hydrogen) atoms. The molecule has 16 rings (SSSR count). The van der Waals surface area contributed by atoms with Crippen LogP contribution in [0.2, 0.25) is 30.1 Å². The number of likely N-dealkylation sites (tertiary alicyclic amines) is 1. The fourth-order valence-electron chi connectivity index (χ4n) is 19.6. The van der Waals surface area contributed by atoms with Gasteiger partial charge in [-0.05, 0) is 310 Å². The smallest absolute Gasteiger partial charge is 0.293 e. The van der Waals surface area contributed by atoms with Crippen molar-refractivity contribution in [2.45, 2.75) is 193 Å². The van der Waals surface area contributed by atoms with Gasteiger partial charge in [0.25, 0.3) is 12.4 Å². The third kappa shape index (κ3) is 19.9. The van der Waals surface area contributed by atoms with Crippen LogP contribution < -0.4 is 24.4 Å². The predicted molar refractivity (Wildman–Crippen MR) is 515 cm³/mol. The number of aromatic nitrogens is 6. The van der Waals surface area contributed by atoms with Crippen molar-refractivity contribution in [3.8, 4) is 50.6 Å². The van der Waals surface area contributed by atoms with Crippen LogP contribution in [-0.2, 0) is 64.3 Å². The number of hydrogen-bond donors (Lipinski definition) is 1. The Morgan fingerprint density at radius 2 is 0.803 bits per heavy atom. The lowest BCUT2D eigenvalue weighted by molar-refractivity contribution is -0.135. The van der Waals surface area contributed by atoms with E-state index in [0.29, 0.717) is 86.1 Å². The fourth-order valence-corrected chi connectivity index (χ4v) is 20.7. The fraction of sp³-hybridized carbons (Fsp3) is 0.408. The highest BCUT2D eigenvalue weighted by molar-refractivity contribution is 6.35. The lowest BCUT2D eigenvalue weighted by Crippen LogP contribution is -2.49. The first-order valence-corrected chi connectivity index (χ1v) is 46.6. The summed E-state index contributed by atoms with van der Waals surface area (Å²) in [5.41, 5.74) is 32.7. The van der Waals surface area contributed by atoms with Crippen molar-refractivity contribution in [2.24, 2.45) is 27.1 Å². The van der Waals surface area contributed by atoms with Crippen LogP contribution >= 0.6 is 69.6 Å². The highest BCUT2D eigenvalue weighted by Gasteiger charge is 2.39. The third-order valence-corrected chi connectivity index (χ3v) is 29.1. The van der Waals surface area contributed by atoms with E-state index in [9.17, 15) is 19.2 Å². The number of ether oxygens (including phenoxy) is 4. The van der Waals surface area contributed by atoms with Gasteiger partial charge in [0.1, 0.15) is 23.4 Å². The standard InChI is InChI=1S/C38H42Cl2N4O2.C33H37Cl2N3O4.C32H37Cl2N3O2/c1-23-9-11-28(12-10-23)43-15-17-44(18-16-43)38(45)33-22-32-31(13-14-34(39)36(32)35-26(4)41-42(6)27(35)5)30(33)8-7-19-46-29-20-24(2)37(40)25(3)21-29;1-18-14-22(15-19(2)32(18)35)41-13-7-8-23-24-11-12-27(34)31(30-20(3)37-38(5)21(30)4)25(24)16-26(23)33(40)36-28-9-6-10-29(28)42-17-39;1-18-11-12-37(17-18)32(38)27-16-26-25(9-10-28(33)30(26)29-21(4)35-36(6)22(29)5)24(27)8-7-13-39-23-14-19(2)31(34)20(3)15-23/h9-14,20-21H,7-8,15-19,22H2,1-6H3;11-12,14-15,17,28-29H,6-10,13,16H2,1-5H3,(H,36,40);9-10,14-15,18H,7-8,11-13,16-17H2,1-6H3/t;28-,29+;/m.0./s1. The number of carbonyl (C=O) groups excluding carboxylic acids is 4. The number of aryl methyl sites for hydroxylation is 13. The zero-order valence-electron chi connectivity index (χ0n) is 76.2. The van der Waals surface area contributed by atoms with Gasteiger partial charge in [0.15, 0.2) is 0 Å². The normalized spacial score (nSPS) is 16.4. The Labute approximate surface area is 777 Å². The van der Waals surface area contributed by atoms with Crippen molar-refractivity contribution >= 4 is 116 Å². The van der Waals surface area contributed by atoms with E-state index >= 15 is 0 Å². The Morgan fingerprint density at radius 3 is 1.15 bits per heavy atom. The zero-order chi connectivity index (χ0) is 90.8. The van der Waals surface area contributed by atoms with Crippen LogP contribution in [0, 0.1) is 95.9 Å². The Kier molecular flexibility index (Phi) is 29.5. The molecule has 5 heterocycles. The number of fused-ring (bicyclic) bond motifs is 3. The quantitative estimate of drug-likeness (QED) is 0.0423. The molecular formula is C103H116Cl6N10O8. The Hall–Kier alpha value is -9.79. The molecule has 6 aliphatic rings. The Bertz CT molecular complexity index is 5970. The van der Waals surface area contributed by atoms with Gasteiger partial charge in [-0.25, -0.2) is 0 Å². The minimum Gasteiger partial charge on any atom is -0.494 e. The van der Waals surface area contributed by atoms with Gasteiger partial charge in [0.2, 0.25) is 11.8 Å². The van der Waals surface area contributed by atoms with Crippen molar-refractivity contribution in [1.29, 1.82) is 0 Å². The van der Waals surface area contributed by atoms with E-state index < -0.39 is 0 Å². The monoisotopic (exact) mass is 1830 g/mol. The number of amides is 3. The van der Waals surface area contributed by atoms with Crippen LogP contribution in [0.1, 0.15) is 178 Å². The van der Waals surface area contributed by atoms with Crippen LogP contribution in [0.5, 0.6) is 17.2 Å². The molecule has 1 N–H and O–H groups in total. The molecule has 3 fully saturated rings. The van der Waals surface area contributed by atoms with E-state index in [0.717, 1.165) is 284 Å². The van der Waals surface area contributed by atoms with Gasteiger partial charge in [0.05, 0.1) is 42.9 Å². The minimum absolute atomic E-state index is 0.126. The number of piperazine rings is 1. The number of halogens is 6. The van der Waals surface area contributed by atoms with E-state index in [2.05, 4.69) is 89.6 Å². The molecular weight excluding hydrogens is 1720 g/mol. The lowest BCUT2D eigenvalue weighted by atomic mass is 9.93. The summed E-state index contributed by atoms with van der Waals surface area (Å²) in [4.78, 5) is 59.5. The zero-order valence-corrected chi connectivity index (χ0v) is 80.7. The minimum atomic E-state index is -0.301. The molecule has 10 aromatic rings. The average molecular weight is 1830 g/mol. The number of carbonyl (C=O) groups is 4. The third-order valence-electron chi connectivity index (χ3n) is 26.4. The van der Waals surface area contributed by atoms with Gasteiger partial charge >= 0.3 is 0 Å². The molecule has 2 aliphatic heterocycles. The number of anilines is 1. The molecule has 3 atom stereocenters. The number of rotatable bonds is 25. The molecule has 0 bridgehead atoms. The first kappa shape index (κ1) is 93.4. The van der Waals surface area contributed by atoms with Crippen molar-refractivity contribution in [1.82, 2.24) is 44.5 Å². The number of nitrogens with zero attached hydrogens (tertiary/aromatic N) is 9. The number of allylic oxidation sites excluding steroid dienone is 3. The molecule has 1 saturated carbocycles. The Balaban J connectivity index is 0.000000155. The van der Waals surface area contributed by atoms with E-state index in [-0.39, 0.29) is 29.9 Å². The summed E-state index contributed by atoms with van der Waals surface area (Å²) in [6, 6.07) is 32.3. The van der Waals surface area contributed by atoms with Crippen molar-refractivity contribution in [2.75, 3.05) is 64.0 Å². The van der Waals surface area contributed by atoms with Gasteiger partial charge in [-0.1, -0.05) is 112 Å². The van der Waals surface area contributed by atoms with Crippen molar-refractivity contribution < 1.29 is 38.1 Å².